The maximum atomic E-state index is 12.1. The predicted molar refractivity (Wildman–Crippen MR) is 95.3 cm³/mol. The van der Waals surface area contributed by atoms with Gasteiger partial charge < -0.3 is 14.9 Å². The van der Waals surface area contributed by atoms with Crippen LogP contribution in [0.1, 0.15) is 50.5 Å². The minimum atomic E-state index is 0.154. The lowest BCUT2D eigenvalue weighted by molar-refractivity contribution is -0.138. The Bertz CT molecular complexity index is 555. The van der Waals surface area contributed by atoms with E-state index in [9.17, 15) is 4.79 Å². The maximum Gasteiger partial charge on any atom is 0.222 e. The van der Waals surface area contributed by atoms with E-state index in [1.807, 2.05) is 4.90 Å². The lowest BCUT2D eigenvalue weighted by atomic mass is 9.72. The van der Waals surface area contributed by atoms with Crippen LogP contribution in [0.3, 0.4) is 0 Å². The van der Waals surface area contributed by atoms with Crippen LogP contribution in [0.4, 0.5) is 5.13 Å². The number of likely N-dealkylation sites (tertiary alicyclic amines) is 1. The first-order valence-electron chi connectivity index (χ1n) is 9.12. The Morgan fingerprint density at radius 1 is 1.25 bits per heavy atom. The molecular formula is C17H28N4O2S. The summed E-state index contributed by atoms with van der Waals surface area (Å²) < 4.78 is 0. The molecule has 1 spiro atoms. The monoisotopic (exact) mass is 352 g/mol. The fraction of sp³-hybridized carbons (Fsp3) is 0.824. The number of nitrogens with zero attached hydrogens (tertiary/aromatic N) is 4. The summed E-state index contributed by atoms with van der Waals surface area (Å²) >= 11 is 1.72. The first-order valence-corrected chi connectivity index (χ1v) is 9.93. The number of rotatable bonds is 6. The summed E-state index contributed by atoms with van der Waals surface area (Å²) in [6.07, 6.45) is 6.68. The fourth-order valence-corrected chi connectivity index (χ4v) is 4.83. The van der Waals surface area contributed by atoms with Gasteiger partial charge in [-0.1, -0.05) is 18.3 Å². The highest BCUT2D eigenvalue weighted by atomic mass is 32.1. The van der Waals surface area contributed by atoms with Crippen molar-refractivity contribution in [2.45, 2.75) is 51.9 Å². The molecule has 2 fully saturated rings. The van der Waals surface area contributed by atoms with Crippen LogP contribution in [0.5, 0.6) is 0 Å². The van der Waals surface area contributed by atoms with E-state index in [1.165, 1.54) is 0 Å². The number of carbonyl (C=O) groups is 1. The molecule has 2 saturated heterocycles. The summed E-state index contributed by atoms with van der Waals surface area (Å²) in [4.78, 5) is 16.4. The lowest BCUT2D eigenvalue weighted by Crippen LogP contribution is -2.51. The summed E-state index contributed by atoms with van der Waals surface area (Å²) in [5.41, 5.74) is 0.261. The minimum Gasteiger partial charge on any atom is -0.396 e. The molecular weight excluding hydrogens is 324 g/mol. The number of aromatic nitrogens is 2. The van der Waals surface area contributed by atoms with Gasteiger partial charge in [0.2, 0.25) is 11.0 Å². The molecule has 1 N–H and O–H groups in total. The second kappa shape index (κ2) is 7.78. The van der Waals surface area contributed by atoms with E-state index in [1.54, 1.807) is 11.3 Å². The third kappa shape index (κ3) is 3.88. The van der Waals surface area contributed by atoms with Crippen molar-refractivity contribution in [3.05, 3.63) is 5.01 Å². The largest absolute Gasteiger partial charge is 0.396 e. The van der Waals surface area contributed by atoms with Crippen molar-refractivity contribution < 1.29 is 9.90 Å². The highest BCUT2D eigenvalue weighted by Crippen LogP contribution is 2.41. The molecule has 0 atom stereocenters. The molecule has 1 amide bonds. The van der Waals surface area contributed by atoms with E-state index in [0.717, 1.165) is 61.9 Å². The first-order chi connectivity index (χ1) is 11.7. The van der Waals surface area contributed by atoms with Crippen LogP contribution in [-0.4, -0.2) is 58.9 Å². The molecule has 3 heterocycles. The topological polar surface area (TPSA) is 69.6 Å². The zero-order valence-corrected chi connectivity index (χ0v) is 15.4. The second-order valence-corrected chi connectivity index (χ2v) is 8.15. The highest BCUT2D eigenvalue weighted by Gasteiger charge is 2.41. The Hall–Kier alpha value is -1.21. The van der Waals surface area contributed by atoms with Crippen molar-refractivity contribution in [3.63, 3.8) is 0 Å². The SMILES string of the molecule is CCCc1nnc(N2CCC3(CCC(=O)N(CCCO)C3)CC2)s1. The number of carbonyl (C=O) groups excluding carboxylic acids is 1. The van der Waals surface area contributed by atoms with Gasteiger partial charge in [-0.3, -0.25) is 4.79 Å². The fourth-order valence-electron chi connectivity index (χ4n) is 3.84. The van der Waals surface area contributed by atoms with Gasteiger partial charge >= 0.3 is 0 Å². The Morgan fingerprint density at radius 2 is 2.04 bits per heavy atom. The van der Waals surface area contributed by atoms with E-state index < -0.39 is 0 Å². The van der Waals surface area contributed by atoms with Gasteiger partial charge in [0, 0.05) is 45.6 Å². The molecule has 0 bridgehead atoms. The van der Waals surface area contributed by atoms with E-state index in [-0.39, 0.29) is 17.9 Å². The summed E-state index contributed by atoms with van der Waals surface area (Å²) in [5, 5.41) is 19.9. The van der Waals surface area contributed by atoms with Gasteiger partial charge in [0.25, 0.3) is 0 Å². The highest BCUT2D eigenvalue weighted by molar-refractivity contribution is 7.15. The summed E-state index contributed by atoms with van der Waals surface area (Å²) in [6, 6.07) is 0. The van der Waals surface area contributed by atoms with Crippen LogP contribution < -0.4 is 4.90 Å². The molecule has 0 saturated carbocycles. The Kier molecular flexibility index (Phi) is 5.71. The molecule has 2 aliphatic rings. The smallest absolute Gasteiger partial charge is 0.222 e. The number of hydrogen-bond acceptors (Lipinski definition) is 6. The van der Waals surface area contributed by atoms with Crippen LogP contribution in [0.2, 0.25) is 0 Å². The number of piperidine rings is 2. The van der Waals surface area contributed by atoms with Crippen LogP contribution in [0.25, 0.3) is 0 Å². The maximum absolute atomic E-state index is 12.1. The lowest BCUT2D eigenvalue weighted by Gasteiger charge is -2.47. The van der Waals surface area contributed by atoms with Crippen LogP contribution in [0.15, 0.2) is 0 Å². The van der Waals surface area contributed by atoms with E-state index in [0.29, 0.717) is 19.4 Å². The summed E-state index contributed by atoms with van der Waals surface area (Å²) in [7, 11) is 0. The second-order valence-electron chi connectivity index (χ2n) is 7.11. The molecule has 7 heteroatoms. The number of anilines is 1. The van der Waals surface area contributed by atoms with E-state index in [4.69, 9.17) is 5.11 Å². The van der Waals surface area contributed by atoms with Crippen molar-refractivity contribution in [2.75, 3.05) is 37.7 Å². The molecule has 0 unspecified atom stereocenters. The van der Waals surface area contributed by atoms with Gasteiger partial charge in [-0.2, -0.15) is 0 Å². The Labute approximate surface area is 147 Å². The summed E-state index contributed by atoms with van der Waals surface area (Å²) in [6.45, 7) is 5.88. The van der Waals surface area contributed by atoms with Crippen LogP contribution in [-0.2, 0) is 11.2 Å². The van der Waals surface area contributed by atoms with Crippen LogP contribution in [0, 0.1) is 5.41 Å². The first kappa shape index (κ1) is 17.6. The normalized spacial score (nSPS) is 20.8. The zero-order chi connectivity index (χ0) is 17.0. The minimum absolute atomic E-state index is 0.154. The van der Waals surface area contributed by atoms with Crippen LogP contribution >= 0.6 is 11.3 Å². The third-order valence-corrected chi connectivity index (χ3v) is 6.39. The molecule has 134 valence electrons. The molecule has 1 aromatic heterocycles. The van der Waals surface area contributed by atoms with Gasteiger partial charge in [-0.15, -0.1) is 10.2 Å². The molecule has 0 aliphatic carbocycles. The average molecular weight is 353 g/mol. The van der Waals surface area contributed by atoms with Gasteiger partial charge in [-0.25, -0.2) is 0 Å². The number of hydrogen-bond donors (Lipinski definition) is 1. The standard InChI is InChI=1S/C17H28N4O2S/c1-2-4-14-18-19-16(24-14)20-10-7-17(8-11-20)6-5-15(23)21(13-17)9-3-12-22/h22H,2-13H2,1H3. The predicted octanol–water partition coefficient (Wildman–Crippen LogP) is 2.08. The molecule has 3 rings (SSSR count). The zero-order valence-electron chi connectivity index (χ0n) is 14.5. The molecule has 1 aromatic rings. The van der Waals surface area contributed by atoms with Gasteiger partial charge in [0.15, 0.2) is 0 Å². The Balaban J connectivity index is 1.58. The van der Waals surface area contributed by atoms with Crippen molar-refractivity contribution in [1.29, 1.82) is 0 Å². The Morgan fingerprint density at radius 3 is 2.75 bits per heavy atom. The quantitative estimate of drug-likeness (QED) is 0.849. The van der Waals surface area contributed by atoms with Gasteiger partial charge in [0.05, 0.1) is 0 Å². The molecule has 24 heavy (non-hydrogen) atoms. The molecule has 0 aromatic carbocycles. The molecule has 6 nitrogen and oxygen atoms in total. The van der Waals surface area contributed by atoms with Gasteiger partial charge in [0.1, 0.15) is 5.01 Å². The third-order valence-electron chi connectivity index (χ3n) is 5.35. The van der Waals surface area contributed by atoms with E-state index >= 15 is 0 Å². The number of aliphatic hydroxyl groups excluding tert-OH is 1. The molecule has 2 aliphatic heterocycles. The van der Waals surface area contributed by atoms with Gasteiger partial charge in [-0.05, 0) is 37.5 Å². The average Bonchev–Trinajstić information content (AvgIpc) is 3.06. The summed E-state index contributed by atoms with van der Waals surface area (Å²) in [5.74, 6) is 0.254. The van der Waals surface area contributed by atoms with Crippen molar-refractivity contribution in [2.24, 2.45) is 5.41 Å². The number of aryl methyl sites for hydroxylation is 1. The molecule has 0 radical (unpaired) electrons. The van der Waals surface area contributed by atoms with Crippen molar-refractivity contribution in [3.8, 4) is 0 Å². The van der Waals surface area contributed by atoms with Crippen molar-refractivity contribution >= 4 is 22.4 Å². The van der Waals surface area contributed by atoms with E-state index in [2.05, 4.69) is 22.0 Å². The number of aliphatic hydroxyl groups is 1. The number of amides is 1. The van der Waals surface area contributed by atoms with Crippen molar-refractivity contribution in [1.82, 2.24) is 15.1 Å².